The molecule has 0 fully saturated rings. The van der Waals surface area contributed by atoms with Crippen LogP contribution in [0.1, 0.15) is 63.0 Å². The molecule has 0 bridgehead atoms. The fourth-order valence-corrected chi connectivity index (χ4v) is 5.22. The van der Waals surface area contributed by atoms with Crippen molar-refractivity contribution in [3.05, 3.63) is 66.4 Å². The van der Waals surface area contributed by atoms with Crippen molar-refractivity contribution >= 4 is 41.2 Å². The van der Waals surface area contributed by atoms with E-state index >= 15 is 0 Å². The molecule has 0 aliphatic heterocycles. The fourth-order valence-electron chi connectivity index (χ4n) is 5.22. The van der Waals surface area contributed by atoms with Gasteiger partial charge in [0.25, 0.3) is 5.91 Å². The highest BCUT2D eigenvalue weighted by molar-refractivity contribution is 6.12. The topological polar surface area (TPSA) is 237 Å². The van der Waals surface area contributed by atoms with E-state index in [0.717, 1.165) is 5.56 Å². The van der Waals surface area contributed by atoms with Crippen molar-refractivity contribution in [1.82, 2.24) is 15.2 Å². The van der Waals surface area contributed by atoms with Crippen LogP contribution in [0.3, 0.4) is 0 Å². The highest BCUT2D eigenvalue weighted by atomic mass is 16.4. The van der Waals surface area contributed by atoms with Crippen LogP contribution >= 0.6 is 0 Å². The second-order valence-electron chi connectivity index (χ2n) is 11.2. The first kappa shape index (κ1) is 35.8. The molecule has 0 saturated carbocycles. The van der Waals surface area contributed by atoms with Gasteiger partial charge in [-0.25, -0.2) is 0 Å². The molecule has 47 heavy (non-hydrogen) atoms. The number of aliphatic carboxylic acids is 1. The van der Waals surface area contributed by atoms with E-state index in [1.54, 1.807) is 4.57 Å². The van der Waals surface area contributed by atoms with Crippen LogP contribution in [0, 0.1) is 0 Å². The van der Waals surface area contributed by atoms with Gasteiger partial charge in [-0.2, -0.15) is 0 Å². The monoisotopic (exact) mass is 646 g/mol. The number of aliphatic imine (C=N–C) groups is 1. The lowest BCUT2D eigenvalue weighted by Gasteiger charge is -2.21. The van der Waals surface area contributed by atoms with Crippen LogP contribution in [0.25, 0.3) is 22.4 Å². The molecule has 0 spiro atoms. The SMILES string of the molecule is CC(=O)NC(CCCN=C(N)N)C(=O)Nc1c(-c2ccccc2)c(-c2ccccc2)n(C(C)C)c1C(=O)NC(CCC(=O)O)C(N)=O. The first-order valence-electron chi connectivity index (χ1n) is 15.2. The molecule has 14 nitrogen and oxygen atoms in total. The van der Waals surface area contributed by atoms with Crippen LogP contribution < -0.4 is 33.2 Å². The van der Waals surface area contributed by atoms with Crippen LogP contribution in [0.4, 0.5) is 5.69 Å². The van der Waals surface area contributed by atoms with Crippen LogP contribution in [0.2, 0.25) is 0 Å². The van der Waals surface area contributed by atoms with E-state index in [-0.39, 0.29) is 42.8 Å². The van der Waals surface area contributed by atoms with E-state index in [2.05, 4.69) is 20.9 Å². The van der Waals surface area contributed by atoms with E-state index in [1.807, 2.05) is 74.5 Å². The van der Waals surface area contributed by atoms with Crippen molar-refractivity contribution < 1.29 is 29.1 Å². The molecule has 14 heteroatoms. The van der Waals surface area contributed by atoms with Gasteiger partial charge in [-0.1, -0.05) is 60.7 Å². The number of benzene rings is 2. The number of aromatic nitrogens is 1. The summed E-state index contributed by atoms with van der Waals surface area (Å²) in [5.41, 5.74) is 19.1. The molecule has 0 aliphatic rings. The third kappa shape index (κ3) is 9.66. The number of carbonyl (C=O) groups is 5. The third-order valence-corrected chi connectivity index (χ3v) is 7.23. The number of hydrogen-bond acceptors (Lipinski definition) is 6. The number of rotatable bonds is 16. The first-order chi connectivity index (χ1) is 22.3. The van der Waals surface area contributed by atoms with Gasteiger partial charge in [-0.05, 0) is 44.2 Å². The van der Waals surface area contributed by atoms with Gasteiger partial charge in [-0.3, -0.25) is 29.0 Å². The lowest BCUT2D eigenvalue weighted by Crippen LogP contribution is -2.46. The lowest BCUT2D eigenvalue weighted by atomic mass is 9.99. The molecule has 250 valence electrons. The average molecular weight is 647 g/mol. The average Bonchev–Trinajstić information content (AvgIpc) is 3.36. The van der Waals surface area contributed by atoms with Gasteiger partial charge in [0, 0.05) is 31.5 Å². The Labute approximate surface area is 272 Å². The van der Waals surface area contributed by atoms with Gasteiger partial charge in [0.15, 0.2) is 5.96 Å². The molecule has 0 aliphatic carbocycles. The minimum Gasteiger partial charge on any atom is -0.481 e. The molecule has 0 saturated heterocycles. The van der Waals surface area contributed by atoms with Crippen LogP contribution in [-0.2, 0) is 19.2 Å². The zero-order valence-electron chi connectivity index (χ0n) is 26.7. The zero-order chi connectivity index (χ0) is 34.7. The van der Waals surface area contributed by atoms with E-state index in [0.29, 0.717) is 23.2 Å². The van der Waals surface area contributed by atoms with Crippen molar-refractivity contribution in [3.8, 4) is 22.4 Å². The summed E-state index contributed by atoms with van der Waals surface area (Å²) in [5.74, 6) is -3.98. The Bertz CT molecular complexity index is 1610. The molecular formula is C33H42N8O6. The summed E-state index contributed by atoms with van der Waals surface area (Å²) < 4.78 is 1.75. The number of amides is 4. The Morgan fingerprint density at radius 3 is 1.96 bits per heavy atom. The minimum atomic E-state index is -1.30. The molecule has 2 aromatic carbocycles. The van der Waals surface area contributed by atoms with Gasteiger partial charge in [0.2, 0.25) is 17.7 Å². The molecule has 4 amide bonds. The minimum absolute atomic E-state index is 0.00899. The van der Waals surface area contributed by atoms with Gasteiger partial charge in [-0.15, -0.1) is 0 Å². The van der Waals surface area contributed by atoms with E-state index in [4.69, 9.17) is 17.2 Å². The Balaban J connectivity index is 2.29. The largest absolute Gasteiger partial charge is 0.481 e. The predicted octanol–water partition coefficient (Wildman–Crippen LogP) is 2.35. The molecule has 10 N–H and O–H groups in total. The number of carboxylic acid groups (broad SMARTS) is 1. The summed E-state index contributed by atoms with van der Waals surface area (Å²) in [6, 6.07) is 15.8. The van der Waals surface area contributed by atoms with Crippen LogP contribution in [0.15, 0.2) is 65.7 Å². The number of anilines is 1. The molecular weight excluding hydrogens is 604 g/mol. The Hall–Kier alpha value is -5.66. The maximum Gasteiger partial charge on any atom is 0.303 e. The highest BCUT2D eigenvalue weighted by Crippen LogP contribution is 2.44. The lowest BCUT2D eigenvalue weighted by molar-refractivity contribution is -0.137. The quantitative estimate of drug-likeness (QED) is 0.0691. The van der Waals surface area contributed by atoms with Crippen molar-refractivity contribution in [1.29, 1.82) is 0 Å². The van der Waals surface area contributed by atoms with Crippen LogP contribution in [-0.4, -0.2) is 63.9 Å². The molecule has 2 unspecified atom stereocenters. The van der Waals surface area contributed by atoms with Gasteiger partial charge >= 0.3 is 5.97 Å². The summed E-state index contributed by atoms with van der Waals surface area (Å²) in [6.45, 7) is 5.24. The fraction of sp³-hybridized carbons (Fsp3) is 0.333. The van der Waals surface area contributed by atoms with Gasteiger partial charge < -0.3 is 42.8 Å². The molecule has 3 aromatic rings. The van der Waals surface area contributed by atoms with E-state index in [1.165, 1.54) is 6.92 Å². The molecule has 3 rings (SSSR count). The highest BCUT2D eigenvalue weighted by Gasteiger charge is 2.34. The Morgan fingerprint density at radius 1 is 0.851 bits per heavy atom. The molecule has 0 radical (unpaired) electrons. The second kappa shape index (κ2) is 16.6. The summed E-state index contributed by atoms with van der Waals surface area (Å²) in [5, 5.41) is 17.4. The predicted molar refractivity (Wildman–Crippen MR) is 179 cm³/mol. The molecule has 1 heterocycles. The number of nitrogens with two attached hydrogens (primary N) is 3. The standard InChI is InChI=1S/C33H42N8O6/c1-19(2)41-28(22-13-8-5-9-14-22)26(21-11-6-4-7-12-21)27(29(41)32(47)39-23(30(34)45)16-17-25(43)44)40-31(46)24(38-20(3)42)15-10-18-37-33(35)36/h4-9,11-14,19,23-24H,10,15-18H2,1-3H3,(H2,34,45)(H,38,42)(H,39,47)(H,40,46)(H,43,44)(H4,35,36,37). The van der Waals surface area contributed by atoms with Crippen molar-refractivity contribution in [2.75, 3.05) is 11.9 Å². The van der Waals surface area contributed by atoms with Gasteiger partial charge in [0.05, 0.1) is 11.4 Å². The smallest absolute Gasteiger partial charge is 0.303 e. The number of nitrogens with one attached hydrogen (secondary N) is 3. The summed E-state index contributed by atoms with van der Waals surface area (Å²) >= 11 is 0. The van der Waals surface area contributed by atoms with Crippen molar-refractivity contribution in [2.45, 2.75) is 64.6 Å². The van der Waals surface area contributed by atoms with Crippen molar-refractivity contribution in [2.24, 2.45) is 22.2 Å². The summed E-state index contributed by atoms with van der Waals surface area (Å²) in [6.07, 6.45) is -0.107. The van der Waals surface area contributed by atoms with Gasteiger partial charge in [0.1, 0.15) is 17.8 Å². The number of hydrogen-bond donors (Lipinski definition) is 7. The maximum atomic E-state index is 14.2. The summed E-state index contributed by atoms with van der Waals surface area (Å²) in [7, 11) is 0. The van der Waals surface area contributed by atoms with E-state index < -0.39 is 48.1 Å². The number of nitrogens with zero attached hydrogens (tertiary/aromatic N) is 2. The van der Waals surface area contributed by atoms with Crippen LogP contribution in [0.5, 0.6) is 0 Å². The Kier molecular flexibility index (Phi) is 12.6. The summed E-state index contributed by atoms with van der Waals surface area (Å²) in [4.78, 5) is 67.9. The van der Waals surface area contributed by atoms with E-state index in [9.17, 15) is 29.1 Å². The maximum absolute atomic E-state index is 14.2. The Morgan fingerprint density at radius 2 is 1.45 bits per heavy atom. The van der Waals surface area contributed by atoms with Crippen molar-refractivity contribution in [3.63, 3.8) is 0 Å². The molecule has 2 atom stereocenters. The first-order valence-corrected chi connectivity index (χ1v) is 15.2. The number of carboxylic acids is 1. The number of guanidine groups is 1. The number of primary amides is 1. The number of carbonyl (C=O) groups excluding carboxylic acids is 4. The normalized spacial score (nSPS) is 12.1. The molecule has 1 aromatic heterocycles. The third-order valence-electron chi connectivity index (χ3n) is 7.23. The zero-order valence-corrected chi connectivity index (χ0v) is 26.7. The second-order valence-corrected chi connectivity index (χ2v) is 11.2.